The van der Waals surface area contributed by atoms with Crippen LogP contribution in [0.2, 0.25) is 0 Å². The highest BCUT2D eigenvalue weighted by atomic mass is 32.2. The molecule has 1 aliphatic heterocycles. The summed E-state index contributed by atoms with van der Waals surface area (Å²) in [6.07, 6.45) is 0. The molecular formula is C8H17N3O2S. The van der Waals surface area contributed by atoms with Crippen molar-refractivity contribution in [2.24, 2.45) is 4.36 Å². The van der Waals surface area contributed by atoms with E-state index in [-0.39, 0.29) is 6.04 Å². The van der Waals surface area contributed by atoms with Crippen molar-refractivity contribution in [3.8, 4) is 0 Å². The molecule has 0 spiro atoms. The Morgan fingerprint density at radius 1 is 1.43 bits per heavy atom. The maximum Gasteiger partial charge on any atom is 0.349 e. The van der Waals surface area contributed by atoms with Crippen molar-refractivity contribution in [3.05, 3.63) is 0 Å². The Hall–Kier alpha value is -0.620. The molecule has 6 heteroatoms. The molecule has 82 valence electrons. The van der Waals surface area contributed by atoms with Gasteiger partial charge in [0.05, 0.1) is 9.73 Å². The SMILES string of the molecule is CC(C)NC(=O)N=S1(=O)CCNCC1. The Morgan fingerprint density at radius 3 is 2.50 bits per heavy atom. The molecule has 1 heterocycles. The molecular weight excluding hydrogens is 202 g/mol. The van der Waals surface area contributed by atoms with Crippen LogP contribution in [0.3, 0.4) is 0 Å². The van der Waals surface area contributed by atoms with E-state index in [0.717, 1.165) is 0 Å². The van der Waals surface area contributed by atoms with Crippen LogP contribution in [0.1, 0.15) is 13.8 Å². The van der Waals surface area contributed by atoms with Gasteiger partial charge >= 0.3 is 6.03 Å². The zero-order valence-corrected chi connectivity index (χ0v) is 9.39. The highest BCUT2D eigenvalue weighted by Gasteiger charge is 2.15. The van der Waals surface area contributed by atoms with Gasteiger partial charge in [0.2, 0.25) is 0 Å². The maximum absolute atomic E-state index is 11.9. The van der Waals surface area contributed by atoms with E-state index in [1.54, 1.807) is 0 Å². The summed E-state index contributed by atoms with van der Waals surface area (Å²) < 4.78 is 15.7. The monoisotopic (exact) mass is 219 g/mol. The van der Waals surface area contributed by atoms with Crippen LogP contribution >= 0.6 is 0 Å². The minimum absolute atomic E-state index is 0.0379. The minimum Gasteiger partial charge on any atom is -0.334 e. The third-order valence-electron chi connectivity index (χ3n) is 1.86. The standard InChI is InChI=1S/C8H17N3O2S/c1-7(2)10-8(12)11-14(13)5-3-9-4-6-14/h7,9H,3-6H2,1-2H3,(H,10,12). The lowest BCUT2D eigenvalue weighted by atomic mass is 10.4. The van der Waals surface area contributed by atoms with Crippen molar-refractivity contribution in [1.29, 1.82) is 0 Å². The number of urea groups is 1. The van der Waals surface area contributed by atoms with Gasteiger partial charge in [-0.05, 0) is 13.8 Å². The third kappa shape index (κ3) is 3.63. The largest absolute Gasteiger partial charge is 0.349 e. The van der Waals surface area contributed by atoms with Crippen LogP contribution in [0.15, 0.2) is 4.36 Å². The Kier molecular flexibility index (Phi) is 3.88. The summed E-state index contributed by atoms with van der Waals surface area (Å²) in [5.74, 6) is 0.941. The molecule has 0 aliphatic carbocycles. The second kappa shape index (κ2) is 4.75. The normalized spacial score (nSPS) is 20.5. The van der Waals surface area contributed by atoms with Gasteiger partial charge in [-0.2, -0.15) is 0 Å². The first-order valence-electron chi connectivity index (χ1n) is 4.75. The Bertz CT molecular complexity index is 307. The lowest BCUT2D eigenvalue weighted by molar-refractivity contribution is 0.247. The van der Waals surface area contributed by atoms with Crippen LogP contribution < -0.4 is 10.6 Å². The molecule has 5 nitrogen and oxygen atoms in total. The van der Waals surface area contributed by atoms with Crippen LogP contribution in [0.25, 0.3) is 0 Å². The first kappa shape index (κ1) is 11.5. The van der Waals surface area contributed by atoms with E-state index in [4.69, 9.17) is 0 Å². The maximum atomic E-state index is 11.9. The quantitative estimate of drug-likeness (QED) is 0.660. The summed E-state index contributed by atoms with van der Waals surface area (Å²) in [7, 11) is -2.28. The molecule has 1 fully saturated rings. The number of nitrogens with zero attached hydrogens (tertiary/aromatic N) is 1. The van der Waals surface area contributed by atoms with Crippen LogP contribution in [0.4, 0.5) is 4.79 Å². The molecule has 0 radical (unpaired) electrons. The van der Waals surface area contributed by atoms with Gasteiger partial charge in [0, 0.05) is 30.6 Å². The zero-order valence-electron chi connectivity index (χ0n) is 8.58. The number of amides is 2. The van der Waals surface area contributed by atoms with Crippen LogP contribution in [-0.2, 0) is 9.73 Å². The van der Waals surface area contributed by atoms with Gasteiger partial charge in [-0.1, -0.05) is 0 Å². The number of carbonyl (C=O) groups is 1. The Balaban J connectivity index is 2.65. The molecule has 0 bridgehead atoms. The molecule has 0 atom stereocenters. The molecule has 0 saturated carbocycles. The summed E-state index contributed by atoms with van der Waals surface area (Å²) >= 11 is 0. The molecule has 14 heavy (non-hydrogen) atoms. The molecule has 2 amide bonds. The molecule has 0 aromatic heterocycles. The van der Waals surface area contributed by atoms with E-state index in [1.807, 2.05) is 13.8 Å². The van der Waals surface area contributed by atoms with E-state index in [9.17, 15) is 9.00 Å². The molecule has 2 N–H and O–H groups in total. The molecule has 1 aliphatic rings. The number of nitrogens with one attached hydrogen (secondary N) is 2. The lowest BCUT2D eigenvalue weighted by Gasteiger charge is -2.16. The van der Waals surface area contributed by atoms with E-state index < -0.39 is 15.8 Å². The molecule has 0 unspecified atom stereocenters. The number of carbonyl (C=O) groups excluding carboxylic acids is 1. The van der Waals surface area contributed by atoms with Crippen molar-refractivity contribution in [2.45, 2.75) is 19.9 Å². The van der Waals surface area contributed by atoms with Crippen molar-refractivity contribution >= 4 is 15.8 Å². The predicted molar refractivity (Wildman–Crippen MR) is 56.8 cm³/mol. The van der Waals surface area contributed by atoms with Gasteiger partial charge in [0.15, 0.2) is 0 Å². The minimum atomic E-state index is -2.28. The number of rotatable bonds is 1. The van der Waals surface area contributed by atoms with Crippen LogP contribution in [0, 0.1) is 0 Å². The van der Waals surface area contributed by atoms with Crippen molar-refractivity contribution in [3.63, 3.8) is 0 Å². The van der Waals surface area contributed by atoms with Crippen molar-refractivity contribution in [2.75, 3.05) is 24.6 Å². The average Bonchev–Trinajstić information content (AvgIpc) is 2.02. The smallest absolute Gasteiger partial charge is 0.334 e. The van der Waals surface area contributed by atoms with Gasteiger partial charge in [0.25, 0.3) is 0 Å². The number of hydrogen-bond donors (Lipinski definition) is 2. The summed E-state index contributed by atoms with van der Waals surface area (Å²) in [5.41, 5.74) is 0. The second-order valence-electron chi connectivity index (χ2n) is 3.63. The molecule has 0 aromatic carbocycles. The van der Waals surface area contributed by atoms with E-state index in [0.29, 0.717) is 24.6 Å². The highest BCUT2D eigenvalue weighted by molar-refractivity contribution is 7.94. The fourth-order valence-corrected chi connectivity index (χ4v) is 2.87. The van der Waals surface area contributed by atoms with Crippen LogP contribution in [-0.4, -0.2) is 40.9 Å². The van der Waals surface area contributed by atoms with Crippen molar-refractivity contribution < 1.29 is 9.00 Å². The average molecular weight is 219 g/mol. The Morgan fingerprint density at radius 2 is 2.00 bits per heavy atom. The lowest BCUT2D eigenvalue weighted by Crippen LogP contribution is -2.37. The van der Waals surface area contributed by atoms with Crippen LogP contribution in [0.5, 0.6) is 0 Å². The molecule has 1 saturated heterocycles. The van der Waals surface area contributed by atoms with Gasteiger partial charge in [-0.25, -0.2) is 9.00 Å². The van der Waals surface area contributed by atoms with Gasteiger partial charge < -0.3 is 10.6 Å². The fourth-order valence-electron chi connectivity index (χ4n) is 1.21. The van der Waals surface area contributed by atoms with E-state index in [2.05, 4.69) is 15.0 Å². The molecule has 1 rings (SSSR count). The third-order valence-corrected chi connectivity index (χ3v) is 4.04. The first-order chi connectivity index (χ1) is 6.52. The van der Waals surface area contributed by atoms with Gasteiger partial charge in [-0.15, -0.1) is 4.36 Å². The highest BCUT2D eigenvalue weighted by Crippen LogP contribution is 2.00. The fraction of sp³-hybridized carbons (Fsp3) is 0.875. The zero-order chi connectivity index (χ0) is 10.6. The van der Waals surface area contributed by atoms with Gasteiger partial charge in [-0.3, -0.25) is 0 Å². The summed E-state index contributed by atoms with van der Waals surface area (Å²) in [4.78, 5) is 11.2. The van der Waals surface area contributed by atoms with E-state index in [1.165, 1.54) is 0 Å². The first-order valence-corrected chi connectivity index (χ1v) is 6.61. The van der Waals surface area contributed by atoms with E-state index >= 15 is 0 Å². The van der Waals surface area contributed by atoms with Gasteiger partial charge in [0.1, 0.15) is 0 Å². The second-order valence-corrected chi connectivity index (χ2v) is 6.17. The summed E-state index contributed by atoms with van der Waals surface area (Å²) in [5, 5.41) is 5.69. The molecule has 0 aromatic rings. The topological polar surface area (TPSA) is 70.6 Å². The summed E-state index contributed by atoms with van der Waals surface area (Å²) in [6.45, 7) is 5.06. The Labute approximate surface area is 84.8 Å². The predicted octanol–water partition coefficient (Wildman–Crippen LogP) is 0.176. The number of hydrogen-bond acceptors (Lipinski definition) is 3. The van der Waals surface area contributed by atoms with Crippen molar-refractivity contribution in [1.82, 2.24) is 10.6 Å². The summed E-state index contributed by atoms with van der Waals surface area (Å²) in [6, 6.07) is -0.414.